The molecule has 0 aliphatic carbocycles. The largest absolute Gasteiger partial charge is 0.466 e. The average Bonchev–Trinajstić information content (AvgIpc) is 3.32. The minimum atomic E-state index is -0.244. The Labute approximate surface area is 182 Å². The molecule has 2 aromatic carbocycles. The van der Waals surface area contributed by atoms with E-state index in [1.54, 1.807) is 18.0 Å². The first kappa shape index (κ1) is 20.8. The second-order valence-electron chi connectivity index (χ2n) is 7.79. The number of benzene rings is 2. The average molecular weight is 418 g/mol. The fourth-order valence-corrected chi connectivity index (χ4v) is 4.08. The monoisotopic (exact) mass is 417 g/mol. The first-order valence-corrected chi connectivity index (χ1v) is 10.8. The van der Waals surface area contributed by atoms with E-state index in [1.807, 2.05) is 53.3 Å². The van der Waals surface area contributed by atoms with Gasteiger partial charge in [0.1, 0.15) is 0 Å². The highest BCUT2D eigenvalue weighted by atomic mass is 16.5. The van der Waals surface area contributed by atoms with Crippen molar-refractivity contribution >= 4 is 11.9 Å². The second kappa shape index (κ2) is 9.60. The van der Waals surface area contributed by atoms with E-state index in [0.717, 1.165) is 29.5 Å². The number of aromatic nitrogens is 2. The van der Waals surface area contributed by atoms with Gasteiger partial charge in [-0.1, -0.05) is 42.5 Å². The van der Waals surface area contributed by atoms with Crippen molar-refractivity contribution in [3.05, 3.63) is 78.1 Å². The van der Waals surface area contributed by atoms with Crippen LogP contribution in [-0.2, 0) is 16.1 Å². The van der Waals surface area contributed by atoms with Crippen molar-refractivity contribution in [3.63, 3.8) is 0 Å². The molecule has 31 heavy (non-hydrogen) atoms. The van der Waals surface area contributed by atoms with Crippen molar-refractivity contribution in [1.82, 2.24) is 14.7 Å². The van der Waals surface area contributed by atoms with Gasteiger partial charge in [-0.15, -0.1) is 0 Å². The molecule has 0 radical (unpaired) electrons. The number of ether oxygens (including phenoxy) is 1. The van der Waals surface area contributed by atoms with Gasteiger partial charge < -0.3 is 9.64 Å². The van der Waals surface area contributed by atoms with Crippen LogP contribution in [0.5, 0.6) is 0 Å². The Morgan fingerprint density at radius 3 is 2.65 bits per heavy atom. The molecule has 2 heterocycles. The van der Waals surface area contributed by atoms with Gasteiger partial charge in [0.05, 0.1) is 19.1 Å². The van der Waals surface area contributed by atoms with Crippen molar-refractivity contribution in [3.8, 4) is 11.1 Å². The van der Waals surface area contributed by atoms with E-state index in [9.17, 15) is 9.59 Å². The summed E-state index contributed by atoms with van der Waals surface area (Å²) in [5.74, 6) is -0.488. The van der Waals surface area contributed by atoms with E-state index in [1.165, 1.54) is 0 Å². The Morgan fingerprint density at radius 2 is 1.90 bits per heavy atom. The molecule has 0 bridgehead atoms. The summed E-state index contributed by atoms with van der Waals surface area (Å²) in [5, 5.41) is 4.24. The summed E-state index contributed by atoms with van der Waals surface area (Å²) in [7, 11) is 0. The molecular formula is C25H27N3O3. The SMILES string of the molecule is CCOC(=O)[C@@H]1CCCN(C(=O)c2ccccc2-c2ccc(Cn3cccn3)cc2)C1. The molecule has 0 spiro atoms. The maximum atomic E-state index is 13.4. The zero-order chi connectivity index (χ0) is 21.6. The molecule has 1 saturated heterocycles. The maximum Gasteiger partial charge on any atom is 0.310 e. The minimum Gasteiger partial charge on any atom is -0.466 e. The third-order valence-corrected chi connectivity index (χ3v) is 5.65. The quantitative estimate of drug-likeness (QED) is 0.569. The van der Waals surface area contributed by atoms with Crippen LogP contribution >= 0.6 is 0 Å². The maximum absolute atomic E-state index is 13.4. The van der Waals surface area contributed by atoms with Gasteiger partial charge >= 0.3 is 5.97 Å². The van der Waals surface area contributed by atoms with Crippen molar-refractivity contribution in [2.45, 2.75) is 26.3 Å². The Bertz CT molecular complexity index is 1030. The van der Waals surface area contributed by atoms with Crippen LogP contribution < -0.4 is 0 Å². The lowest BCUT2D eigenvalue weighted by Crippen LogP contribution is -2.43. The molecule has 1 fully saturated rings. The number of piperidine rings is 1. The molecule has 1 aliphatic rings. The van der Waals surface area contributed by atoms with Gasteiger partial charge in [0.25, 0.3) is 5.91 Å². The molecule has 1 aliphatic heterocycles. The van der Waals surface area contributed by atoms with E-state index in [4.69, 9.17) is 4.74 Å². The molecule has 0 unspecified atom stereocenters. The molecule has 4 rings (SSSR count). The van der Waals surface area contributed by atoms with Gasteiger partial charge in [0, 0.05) is 31.0 Å². The van der Waals surface area contributed by atoms with E-state index >= 15 is 0 Å². The van der Waals surface area contributed by atoms with Gasteiger partial charge in [-0.2, -0.15) is 5.10 Å². The standard InChI is InChI=1S/C25H27N3O3/c1-2-31-25(30)21-7-5-15-27(18-21)24(29)23-9-4-3-8-22(23)20-12-10-19(11-13-20)17-28-16-6-14-26-28/h3-4,6,8-14,16,21H,2,5,7,15,17-18H2,1H3/t21-/m1/s1. The van der Waals surface area contributed by atoms with Crippen LogP contribution in [0.25, 0.3) is 11.1 Å². The molecule has 1 atom stereocenters. The van der Waals surface area contributed by atoms with Crippen molar-refractivity contribution < 1.29 is 14.3 Å². The highest BCUT2D eigenvalue weighted by molar-refractivity contribution is 6.01. The van der Waals surface area contributed by atoms with Crippen molar-refractivity contribution in [1.29, 1.82) is 0 Å². The lowest BCUT2D eigenvalue weighted by molar-refractivity contribution is -0.149. The Morgan fingerprint density at radius 1 is 1.10 bits per heavy atom. The van der Waals surface area contributed by atoms with Crippen LogP contribution in [0, 0.1) is 5.92 Å². The van der Waals surface area contributed by atoms with Crippen LogP contribution in [0.2, 0.25) is 0 Å². The fourth-order valence-electron chi connectivity index (χ4n) is 4.08. The van der Waals surface area contributed by atoms with Gasteiger partial charge in [0.2, 0.25) is 0 Å². The second-order valence-corrected chi connectivity index (χ2v) is 7.79. The fraction of sp³-hybridized carbons (Fsp3) is 0.320. The topological polar surface area (TPSA) is 64.4 Å². The summed E-state index contributed by atoms with van der Waals surface area (Å²) >= 11 is 0. The predicted octanol–water partition coefficient (Wildman–Crippen LogP) is 4.01. The molecule has 6 nitrogen and oxygen atoms in total. The number of rotatable bonds is 6. The number of likely N-dealkylation sites (tertiary alicyclic amines) is 1. The molecule has 1 amide bonds. The summed E-state index contributed by atoms with van der Waals surface area (Å²) in [6.07, 6.45) is 5.27. The highest BCUT2D eigenvalue weighted by Gasteiger charge is 2.30. The normalized spacial score (nSPS) is 16.2. The lowest BCUT2D eigenvalue weighted by Gasteiger charge is -2.32. The molecular weight excluding hydrogens is 390 g/mol. The number of esters is 1. The number of carbonyl (C=O) groups excluding carboxylic acids is 2. The number of hydrogen-bond acceptors (Lipinski definition) is 4. The zero-order valence-corrected chi connectivity index (χ0v) is 17.7. The summed E-state index contributed by atoms with van der Waals surface area (Å²) in [6, 6.07) is 17.8. The van der Waals surface area contributed by atoms with Crippen LogP contribution in [0.15, 0.2) is 67.0 Å². The summed E-state index contributed by atoms with van der Waals surface area (Å²) < 4.78 is 7.05. The Balaban J connectivity index is 1.53. The van der Waals surface area contributed by atoms with E-state index < -0.39 is 0 Å². The van der Waals surface area contributed by atoms with Crippen molar-refractivity contribution in [2.75, 3.05) is 19.7 Å². The predicted molar refractivity (Wildman–Crippen MR) is 118 cm³/mol. The summed E-state index contributed by atoms with van der Waals surface area (Å²) in [5.41, 5.74) is 3.69. The number of hydrogen-bond donors (Lipinski definition) is 0. The van der Waals surface area contributed by atoms with Gasteiger partial charge in [-0.3, -0.25) is 14.3 Å². The number of carbonyl (C=O) groups is 2. The molecule has 0 saturated carbocycles. The molecule has 1 aromatic heterocycles. The summed E-state index contributed by atoms with van der Waals surface area (Å²) in [6.45, 7) is 3.94. The van der Waals surface area contributed by atoms with Gasteiger partial charge in [-0.25, -0.2) is 0 Å². The van der Waals surface area contributed by atoms with Crippen molar-refractivity contribution in [2.24, 2.45) is 5.92 Å². The van der Waals surface area contributed by atoms with Crippen LogP contribution in [0.3, 0.4) is 0 Å². The smallest absolute Gasteiger partial charge is 0.310 e. The van der Waals surface area contributed by atoms with Crippen LogP contribution in [0.1, 0.15) is 35.7 Å². The molecule has 0 N–H and O–H groups in total. The highest BCUT2D eigenvalue weighted by Crippen LogP contribution is 2.27. The summed E-state index contributed by atoms with van der Waals surface area (Å²) in [4.78, 5) is 27.3. The Kier molecular flexibility index (Phi) is 6.46. The Hall–Kier alpha value is -3.41. The van der Waals surface area contributed by atoms with E-state index in [2.05, 4.69) is 17.2 Å². The minimum absolute atomic E-state index is 0.0368. The van der Waals surface area contributed by atoms with Gasteiger partial charge in [0.15, 0.2) is 0 Å². The first-order valence-electron chi connectivity index (χ1n) is 10.8. The molecule has 3 aromatic rings. The number of nitrogens with zero attached hydrogens (tertiary/aromatic N) is 3. The zero-order valence-electron chi connectivity index (χ0n) is 17.7. The molecule has 6 heteroatoms. The lowest BCUT2D eigenvalue weighted by atomic mass is 9.95. The van der Waals surface area contributed by atoms with E-state index in [0.29, 0.717) is 31.8 Å². The molecule has 160 valence electrons. The van der Waals surface area contributed by atoms with E-state index in [-0.39, 0.29) is 17.8 Å². The van der Waals surface area contributed by atoms with Gasteiger partial charge in [-0.05, 0) is 48.6 Å². The van der Waals surface area contributed by atoms with Crippen LogP contribution in [0.4, 0.5) is 0 Å². The third kappa shape index (κ3) is 4.85. The first-order chi connectivity index (χ1) is 15.2. The number of amides is 1. The van der Waals surface area contributed by atoms with Crippen LogP contribution in [-0.4, -0.2) is 46.3 Å². The third-order valence-electron chi connectivity index (χ3n) is 5.65.